The molecule has 0 spiro atoms. The maximum Gasteiger partial charge on any atom is 0.266 e. The van der Waals surface area contributed by atoms with Gasteiger partial charge in [-0.3, -0.25) is 9.36 Å². The molecule has 130 valence electrons. The second kappa shape index (κ2) is 7.37. The van der Waals surface area contributed by atoms with Crippen LogP contribution in [0.15, 0.2) is 59.4 Å². The van der Waals surface area contributed by atoms with Crippen molar-refractivity contribution in [1.29, 1.82) is 0 Å². The highest BCUT2D eigenvalue weighted by Gasteiger charge is 2.05. The van der Waals surface area contributed by atoms with Crippen LogP contribution in [0, 0.1) is 11.7 Å². The number of phenols is 1. The topological polar surface area (TPSA) is 58.0 Å². The van der Waals surface area contributed by atoms with Gasteiger partial charge in [0.15, 0.2) is 4.77 Å². The molecular formula is C21H18N2O2S. The number of nitrogens with zero attached hydrogens (tertiary/aromatic N) is 1. The summed E-state index contributed by atoms with van der Waals surface area (Å²) in [6.45, 7) is 5.92. The van der Waals surface area contributed by atoms with Gasteiger partial charge in [-0.15, -0.1) is 0 Å². The van der Waals surface area contributed by atoms with E-state index in [-0.39, 0.29) is 16.1 Å². The molecule has 26 heavy (non-hydrogen) atoms. The highest BCUT2D eigenvalue weighted by atomic mass is 32.1. The molecule has 0 aliphatic carbocycles. The van der Waals surface area contributed by atoms with Gasteiger partial charge >= 0.3 is 0 Å². The Hall–Kier alpha value is -3.18. The second-order valence-electron chi connectivity index (χ2n) is 5.87. The van der Waals surface area contributed by atoms with Crippen molar-refractivity contribution in [3.8, 4) is 11.4 Å². The third-order valence-electron chi connectivity index (χ3n) is 4.03. The Morgan fingerprint density at radius 1 is 1.19 bits per heavy atom. The van der Waals surface area contributed by atoms with Crippen molar-refractivity contribution in [2.24, 2.45) is 0 Å². The number of aryl methyl sites for hydroxylation is 1. The average Bonchev–Trinajstić information content (AvgIpc) is 2.59. The van der Waals surface area contributed by atoms with E-state index in [9.17, 15) is 9.90 Å². The van der Waals surface area contributed by atoms with Gasteiger partial charge in [-0.25, -0.2) is 0 Å². The molecular weight excluding hydrogens is 344 g/mol. The lowest BCUT2D eigenvalue weighted by molar-refractivity contribution is 0.475. The Morgan fingerprint density at radius 3 is 2.69 bits per heavy atom. The number of aromatic amines is 1. The molecule has 3 rings (SSSR count). The van der Waals surface area contributed by atoms with Crippen LogP contribution in [0.25, 0.3) is 24.4 Å². The van der Waals surface area contributed by atoms with Gasteiger partial charge in [0.2, 0.25) is 0 Å². The van der Waals surface area contributed by atoms with Gasteiger partial charge in [-0.1, -0.05) is 49.1 Å². The summed E-state index contributed by atoms with van der Waals surface area (Å²) < 4.78 is 1.57. The predicted molar refractivity (Wildman–Crippen MR) is 108 cm³/mol. The summed E-state index contributed by atoms with van der Waals surface area (Å²) in [5.41, 5.74) is 2.43. The van der Waals surface area contributed by atoms with Crippen LogP contribution in [0.3, 0.4) is 0 Å². The number of benzene rings is 2. The molecule has 0 radical (unpaired) electrons. The minimum absolute atomic E-state index is 0.0625. The van der Waals surface area contributed by atoms with Crippen molar-refractivity contribution >= 4 is 30.9 Å². The van der Waals surface area contributed by atoms with Gasteiger partial charge in [0.25, 0.3) is 5.56 Å². The van der Waals surface area contributed by atoms with Gasteiger partial charge in [0.05, 0.1) is 10.9 Å². The summed E-state index contributed by atoms with van der Waals surface area (Å²) in [4.78, 5) is 15.9. The van der Waals surface area contributed by atoms with Gasteiger partial charge < -0.3 is 10.1 Å². The summed E-state index contributed by atoms with van der Waals surface area (Å²) in [6, 6.07) is 14.4. The van der Waals surface area contributed by atoms with E-state index in [1.54, 1.807) is 18.2 Å². The van der Waals surface area contributed by atoms with Crippen LogP contribution in [0.5, 0.6) is 5.75 Å². The quantitative estimate of drug-likeness (QED) is 0.705. The molecule has 1 heterocycles. The predicted octanol–water partition coefficient (Wildman–Crippen LogP) is 2.81. The lowest BCUT2D eigenvalue weighted by atomic mass is 10.1. The van der Waals surface area contributed by atoms with Crippen LogP contribution < -0.4 is 16.1 Å². The lowest BCUT2D eigenvalue weighted by Gasteiger charge is -2.06. The van der Waals surface area contributed by atoms with Crippen molar-refractivity contribution < 1.29 is 5.11 Å². The number of rotatable bonds is 3. The molecule has 0 unspecified atom stereocenters. The summed E-state index contributed by atoms with van der Waals surface area (Å²) in [7, 11) is 0. The van der Waals surface area contributed by atoms with Gasteiger partial charge in [0.1, 0.15) is 5.75 Å². The van der Waals surface area contributed by atoms with Crippen LogP contribution in [0.2, 0.25) is 0 Å². The molecule has 1 aromatic heterocycles. The third kappa shape index (κ3) is 3.58. The summed E-state index contributed by atoms with van der Waals surface area (Å²) in [5.74, 6) is 0.0625. The van der Waals surface area contributed by atoms with Crippen LogP contribution in [-0.4, -0.2) is 14.7 Å². The maximum atomic E-state index is 12.9. The van der Waals surface area contributed by atoms with E-state index < -0.39 is 0 Å². The van der Waals surface area contributed by atoms with Crippen molar-refractivity contribution in [3.05, 3.63) is 91.4 Å². The van der Waals surface area contributed by atoms with E-state index in [1.165, 1.54) is 16.7 Å². The highest BCUT2D eigenvalue weighted by molar-refractivity contribution is 7.71. The molecule has 2 aromatic carbocycles. The van der Waals surface area contributed by atoms with Crippen LogP contribution >= 0.6 is 12.2 Å². The third-order valence-corrected chi connectivity index (χ3v) is 4.32. The first-order chi connectivity index (χ1) is 12.5. The number of H-pyrrole nitrogens is 1. The van der Waals surface area contributed by atoms with E-state index in [0.29, 0.717) is 16.3 Å². The fraction of sp³-hybridized carbons (Fsp3) is 0.0476. The van der Waals surface area contributed by atoms with E-state index in [0.717, 1.165) is 11.1 Å². The van der Waals surface area contributed by atoms with E-state index in [4.69, 9.17) is 12.2 Å². The molecule has 0 atom stereocenters. The SMILES string of the molecule is C=c1[nH]c(=S)n(-c2cccc(O)c2)c(=O)/c1=C\C=C\c1ccccc1C. The zero-order chi connectivity index (χ0) is 18.7. The first kappa shape index (κ1) is 17.6. The molecule has 0 bridgehead atoms. The minimum atomic E-state index is -0.293. The first-order valence-electron chi connectivity index (χ1n) is 8.05. The molecule has 0 saturated carbocycles. The molecule has 0 aliphatic heterocycles. The van der Waals surface area contributed by atoms with Crippen molar-refractivity contribution in [1.82, 2.24) is 9.55 Å². The van der Waals surface area contributed by atoms with Crippen molar-refractivity contribution in [2.45, 2.75) is 6.92 Å². The smallest absolute Gasteiger partial charge is 0.266 e. The Balaban J connectivity index is 2.16. The van der Waals surface area contributed by atoms with Crippen molar-refractivity contribution in [2.75, 3.05) is 0 Å². The fourth-order valence-corrected chi connectivity index (χ4v) is 2.97. The number of hydrogen-bond acceptors (Lipinski definition) is 3. The van der Waals surface area contributed by atoms with E-state index in [1.807, 2.05) is 43.3 Å². The van der Waals surface area contributed by atoms with Crippen LogP contribution in [-0.2, 0) is 0 Å². The molecule has 0 saturated heterocycles. The number of allylic oxidation sites excluding steroid dienone is 1. The number of aromatic nitrogens is 2. The van der Waals surface area contributed by atoms with Crippen LogP contribution in [0.1, 0.15) is 11.1 Å². The molecule has 3 aromatic rings. The Bertz CT molecular complexity index is 1220. The largest absolute Gasteiger partial charge is 0.508 e. The molecule has 2 N–H and O–H groups in total. The molecule has 0 amide bonds. The standard InChI is InChI=1S/C21H18N2O2S/c1-14-7-3-4-8-16(14)9-5-12-19-15(2)22-21(26)23(20(19)25)17-10-6-11-18(24)13-17/h3-13,24H,2H2,1H3,(H,22,26)/b9-5+,19-12-. The van der Waals surface area contributed by atoms with Gasteiger partial charge in [-0.05, 0) is 48.5 Å². The summed E-state index contributed by atoms with van der Waals surface area (Å²) in [5, 5.41) is 10.5. The molecule has 4 nitrogen and oxygen atoms in total. The first-order valence-corrected chi connectivity index (χ1v) is 8.46. The Morgan fingerprint density at radius 2 is 1.96 bits per heavy atom. The number of nitrogens with one attached hydrogen (secondary N) is 1. The second-order valence-corrected chi connectivity index (χ2v) is 6.25. The summed E-state index contributed by atoms with van der Waals surface area (Å²) >= 11 is 5.27. The lowest BCUT2D eigenvalue weighted by Crippen LogP contribution is -2.46. The zero-order valence-corrected chi connectivity index (χ0v) is 15.1. The van der Waals surface area contributed by atoms with E-state index >= 15 is 0 Å². The highest BCUT2D eigenvalue weighted by Crippen LogP contribution is 2.13. The monoisotopic (exact) mass is 362 g/mol. The Kier molecular flexibility index (Phi) is 5.00. The Labute approximate surface area is 155 Å². The van der Waals surface area contributed by atoms with Crippen molar-refractivity contribution in [3.63, 3.8) is 0 Å². The minimum Gasteiger partial charge on any atom is -0.508 e. The molecule has 5 heteroatoms. The van der Waals surface area contributed by atoms with Gasteiger partial charge in [-0.2, -0.15) is 0 Å². The zero-order valence-electron chi connectivity index (χ0n) is 14.3. The number of hydrogen-bond donors (Lipinski definition) is 2. The van der Waals surface area contributed by atoms with Crippen LogP contribution in [0.4, 0.5) is 0 Å². The summed E-state index contributed by atoms with van der Waals surface area (Å²) in [6.07, 6.45) is 5.47. The van der Waals surface area contributed by atoms with Gasteiger partial charge in [0, 0.05) is 11.4 Å². The fourth-order valence-electron chi connectivity index (χ4n) is 2.65. The number of phenolic OH excluding ortho intramolecular Hbond substituents is 1. The van der Waals surface area contributed by atoms with E-state index in [2.05, 4.69) is 11.6 Å². The molecule has 0 aliphatic rings. The molecule has 0 fully saturated rings. The number of aromatic hydroxyl groups is 1. The normalized spacial score (nSPS) is 12.0. The maximum absolute atomic E-state index is 12.9. The average molecular weight is 362 g/mol.